The second-order valence-electron chi connectivity index (χ2n) is 2.65. The number of nitrogens with two attached hydrogens (primary N) is 1. The largest absolute Gasteiger partial charge is 0.369 e. The van der Waals surface area contributed by atoms with Gasteiger partial charge in [0, 0.05) is 5.92 Å². The predicted molar refractivity (Wildman–Crippen MR) is 57.0 cm³/mol. The number of primary amides is 1. The Hall–Kier alpha value is 0.0500. The molecule has 0 aromatic rings. The van der Waals surface area contributed by atoms with E-state index in [4.69, 9.17) is 5.73 Å². The van der Waals surface area contributed by atoms with E-state index >= 15 is 0 Å². The van der Waals surface area contributed by atoms with Crippen LogP contribution in [0.3, 0.4) is 0 Å². The molecule has 0 aliphatic heterocycles. The summed E-state index contributed by atoms with van der Waals surface area (Å²) >= 11 is 0. The van der Waals surface area contributed by atoms with Gasteiger partial charge in [0.1, 0.15) is 0 Å². The Labute approximate surface area is 87.1 Å². The molecule has 0 bridgehead atoms. The topological polar surface area (TPSA) is 43.1 Å². The SMILES string of the molecule is CCCCC(CC)C(N)=O.Cl.Cl. The number of hydrogen-bond donors (Lipinski definition) is 1. The van der Waals surface area contributed by atoms with Gasteiger partial charge in [-0.1, -0.05) is 26.7 Å². The third kappa shape index (κ3) is 8.15. The van der Waals surface area contributed by atoms with Crippen LogP contribution in [0, 0.1) is 5.92 Å². The molecule has 0 spiro atoms. The maximum absolute atomic E-state index is 10.7. The first-order chi connectivity index (χ1) is 4.72. The van der Waals surface area contributed by atoms with E-state index in [9.17, 15) is 4.79 Å². The first kappa shape index (κ1) is 18.0. The average molecular weight is 216 g/mol. The van der Waals surface area contributed by atoms with Crippen LogP contribution in [-0.4, -0.2) is 5.91 Å². The van der Waals surface area contributed by atoms with Crippen molar-refractivity contribution in [1.29, 1.82) is 0 Å². The fraction of sp³-hybridized carbons (Fsp3) is 0.875. The minimum atomic E-state index is -0.143. The first-order valence-corrected chi connectivity index (χ1v) is 4.01. The highest BCUT2D eigenvalue weighted by Crippen LogP contribution is 2.10. The van der Waals surface area contributed by atoms with Crippen molar-refractivity contribution in [2.75, 3.05) is 0 Å². The van der Waals surface area contributed by atoms with Gasteiger partial charge in [-0.25, -0.2) is 0 Å². The van der Waals surface area contributed by atoms with Gasteiger partial charge in [-0.3, -0.25) is 4.79 Å². The van der Waals surface area contributed by atoms with E-state index in [0.29, 0.717) is 0 Å². The molecule has 0 fully saturated rings. The molecule has 2 N–H and O–H groups in total. The van der Waals surface area contributed by atoms with Crippen LogP contribution in [0.4, 0.5) is 0 Å². The molecule has 12 heavy (non-hydrogen) atoms. The molecule has 0 aromatic carbocycles. The Balaban J connectivity index is -0.000000405. The van der Waals surface area contributed by atoms with Crippen molar-refractivity contribution < 1.29 is 4.79 Å². The molecule has 1 atom stereocenters. The summed E-state index contributed by atoms with van der Waals surface area (Å²) in [5.74, 6) is -0.0316. The van der Waals surface area contributed by atoms with Crippen LogP contribution in [-0.2, 0) is 4.79 Å². The summed E-state index contributed by atoms with van der Waals surface area (Å²) < 4.78 is 0. The van der Waals surface area contributed by atoms with Gasteiger partial charge in [-0.15, -0.1) is 24.8 Å². The number of carbonyl (C=O) groups is 1. The molecule has 0 heterocycles. The Morgan fingerprint density at radius 2 is 1.83 bits per heavy atom. The molecule has 0 rings (SSSR count). The molecular weight excluding hydrogens is 197 g/mol. The summed E-state index contributed by atoms with van der Waals surface area (Å²) in [7, 11) is 0. The second-order valence-corrected chi connectivity index (χ2v) is 2.65. The second kappa shape index (κ2) is 11.1. The Morgan fingerprint density at radius 3 is 2.08 bits per heavy atom. The van der Waals surface area contributed by atoms with Gasteiger partial charge in [-0.2, -0.15) is 0 Å². The number of amides is 1. The molecule has 0 aliphatic carbocycles. The monoisotopic (exact) mass is 215 g/mol. The van der Waals surface area contributed by atoms with Gasteiger partial charge in [0.25, 0.3) is 0 Å². The predicted octanol–water partition coefficient (Wildman–Crippen LogP) is 2.53. The van der Waals surface area contributed by atoms with E-state index in [1.165, 1.54) is 0 Å². The van der Waals surface area contributed by atoms with Crippen molar-refractivity contribution in [3.63, 3.8) is 0 Å². The van der Waals surface area contributed by atoms with Crippen molar-refractivity contribution in [3.8, 4) is 0 Å². The zero-order valence-electron chi connectivity index (χ0n) is 7.71. The van der Waals surface area contributed by atoms with E-state index in [1.807, 2.05) is 6.92 Å². The maximum Gasteiger partial charge on any atom is 0.220 e. The molecular formula is C8H19Cl2NO. The lowest BCUT2D eigenvalue weighted by molar-refractivity contribution is -0.122. The molecule has 4 heteroatoms. The Kier molecular flexibility index (Phi) is 16.5. The molecule has 0 aromatic heterocycles. The van der Waals surface area contributed by atoms with Gasteiger partial charge in [0.15, 0.2) is 0 Å². The summed E-state index contributed by atoms with van der Waals surface area (Å²) in [6.07, 6.45) is 4.10. The van der Waals surface area contributed by atoms with Gasteiger partial charge < -0.3 is 5.73 Å². The van der Waals surface area contributed by atoms with E-state index in [2.05, 4.69) is 6.92 Å². The van der Waals surface area contributed by atoms with Crippen molar-refractivity contribution in [2.24, 2.45) is 11.7 Å². The van der Waals surface area contributed by atoms with Crippen LogP contribution in [0.1, 0.15) is 39.5 Å². The van der Waals surface area contributed by atoms with E-state index in [-0.39, 0.29) is 36.6 Å². The van der Waals surface area contributed by atoms with Gasteiger partial charge >= 0.3 is 0 Å². The number of carbonyl (C=O) groups excluding carboxylic acids is 1. The molecule has 76 valence electrons. The number of rotatable bonds is 5. The van der Waals surface area contributed by atoms with E-state index in [0.717, 1.165) is 25.7 Å². The van der Waals surface area contributed by atoms with Gasteiger partial charge in [0.05, 0.1) is 0 Å². The fourth-order valence-corrected chi connectivity index (χ4v) is 0.998. The van der Waals surface area contributed by atoms with Crippen LogP contribution >= 0.6 is 24.8 Å². The number of hydrogen-bond acceptors (Lipinski definition) is 1. The smallest absolute Gasteiger partial charge is 0.220 e. The highest BCUT2D eigenvalue weighted by molar-refractivity contribution is 5.85. The molecule has 0 saturated carbocycles. The zero-order valence-corrected chi connectivity index (χ0v) is 9.34. The van der Waals surface area contributed by atoms with E-state index in [1.54, 1.807) is 0 Å². The van der Waals surface area contributed by atoms with Crippen molar-refractivity contribution >= 4 is 30.7 Å². The summed E-state index contributed by atoms with van der Waals surface area (Å²) in [5.41, 5.74) is 5.15. The number of halogens is 2. The van der Waals surface area contributed by atoms with Crippen LogP contribution < -0.4 is 5.73 Å². The molecule has 1 unspecified atom stereocenters. The minimum Gasteiger partial charge on any atom is -0.369 e. The van der Waals surface area contributed by atoms with Crippen LogP contribution in [0.15, 0.2) is 0 Å². The van der Waals surface area contributed by atoms with Gasteiger partial charge in [0.2, 0.25) is 5.91 Å². The van der Waals surface area contributed by atoms with Crippen molar-refractivity contribution in [1.82, 2.24) is 0 Å². The normalized spacial score (nSPS) is 10.8. The lowest BCUT2D eigenvalue weighted by atomic mass is 9.99. The van der Waals surface area contributed by atoms with Crippen LogP contribution in [0.5, 0.6) is 0 Å². The highest BCUT2D eigenvalue weighted by Gasteiger charge is 2.10. The molecule has 2 nitrogen and oxygen atoms in total. The molecule has 0 radical (unpaired) electrons. The minimum absolute atomic E-state index is 0. The molecule has 0 saturated heterocycles. The van der Waals surface area contributed by atoms with Crippen molar-refractivity contribution in [3.05, 3.63) is 0 Å². The maximum atomic E-state index is 10.7. The fourth-order valence-electron chi connectivity index (χ4n) is 0.998. The number of unbranched alkanes of at least 4 members (excludes halogenated alkanes) is 1. The van der Waals surface area contributed by atoms with Crippen LogP contribution in [0.2, 0.25) is 0 Å². The summed E-state index contributed by atoms with van der Waals surface area (Å²) in [6, 6.07) is 0. The van der Waals surface area contributed by atoms with E-state index < -0.39 is 0 Å². The lowest BCUT2D eigenvalue weighted by Crippen LogP contribution is -2.22. The molecule has 0 aliphatic rings. The first-order valence-electron chi connectivity index (χ1n) is 4.01. The Morgan fingerprint density at radius 1 is 1.33 bits per heavy atom. The average Bonchev–Trinajstić information content (AvgIpc) is 1.89. The zero-order chi connectivity index (χ0) is 7.98. The summed E-state index contributed by atoms with van der Waals surface area (Å²) in [5, 5.41) is 0. The Bertz CT molecular complexity index is 109. The standard InChI is InChI=1S/C8H17NO.2ClH/c1-3-5-6-7(4-2)8(9)10;;/h7H,3-6H2,1-2H3,(H2,9,10);2*1H. The van der Waals surface area contributed by atoms with Gasteiger partial charge in [-0.05, 0) is 12.8 Å². The third-order valence-corrected chi connectivity index (χ3v) is 1.80. The third-order valence-electron chi connectivity index (χ3n) is 1.80. The lowest BCUT2D eigenvalue weighted by Gasteiger charge is -2.08. The van der Waals surface area contributed by atoms with Crippen molar-refractivity contribution in [2.45, 2.75) is 39.5 Å². The summed E-state index contributed by atoms with van der Waals surface area (Å²) in [6.45, 7) is 4.12. The van der Waals surface area contributed by atoms with Crippen LogP contribution in [0.25, 0.3) is 0 Å². The highest BCUT2D eigenvalue weighted by atomic mass is 35.5. The quantitative estimate of drug-likeness (QED) is 0.753. The molecule has 1 amide bonds. The summed E-state index contributed by atoms with van der Waals surface area (Å²) in [4.78, 5) is 10.7.